The Bertz CT molecular complexity index is 189. The monoisotopic (exact) mass is 194 g/mol. The van der Waals surface area contributed by atoms with Crippen molar-refractivity contribution in [3.05, 3.63) is 0 Å². The normalized spacial score (nSPS) is 27.9. The summed E-state index contributed by atoms with van der Waals surface area (Å²) in [5, 5.41) is 2.38. The molecule has 2 amide bonds. The van der Waals surface area contributed by atoms with Crippen molar-refractivity contribution < 1.29 is 18.3 Å². The molecule has 0 aliphatic heterocycles. The summed E-state index contributed by atoms with van der Waals surface area (Å²) in [6, 6.07) is -1.07. The molecule has 4 nitrogen and oxygen atoms in total. The fourth-order valence-corrected chi connectivity index (χ4v) is 1.57. The number of rotatable bonds is 3. The van der Waals surface area contributed by atoms with Crippen molar-refractivity contribution >= 4 is 6.03 Å². The zero-order valence-corrected chi connectivity index (χ0v) is 7.00. The number of nitrogens with one attached hydrogen (secondary N) is 1. The predicted molar refractivity (Wildman–Crippen MR) is 41.2 cm³/mol. The highest BCUT2D eigenvalue weighted by molar-refractivity contribution is 5.72. The molecule has 0 aromatic rings. The fourth-order valence-electron chi connectivity index (χ4n) is 1.57. The minimum Gasteiger partial charge on any atom is -0.352 e. The van der Waals surface area contributed by atoms with Gasteiger partial charge in [0.05, 0.1) is 12.1 Å². The van der Waals surface area contributed by atoms with Gasteiger partial charge in [0.2, 0.25) is 0 Å². The van der Waals surface area contributed by atoms with Crippen molar-refractivity contribution in [1.29, 1.82) is 0 Å². The van der Waals surface area contributed by atoms with Crippen LogP contribution in [-0.4, -0.2) is 24.8 Å². The summed E-state index contributed by atoms with van der Waals surface area (Å²) in [5.74, 6) is 0. The molecule has 1 aliphatic carbocycles. The van der Waals surface area contributed by atoms with E-state index in [0.29, 0.717) is 12.8 Å². The number of carbonyl (C=O) groups excluding carboxylic acids is 1. The Morgan fingerprint density at radius 3 is 2.77 bits per heavy atom. The van der Waals surface area contributed by atoms with Gasteiger partial charge in [-0.2, -0.15) is 8.78 Å². The third-order valence-corrected chi connectivity index (χ3v) is 2.06. The van der Waals surface area contributed by atoms with Crippen LogP contribution in [0.2, 0.25) is 0 Å². The molecule has 0 saturated heterocycles. The number of hydrogen-bond acceptors (Lipinski definition) is 2. The first-order valence-corrected chi connectivity index (χ1v) is 4.09. The Labute approximate surface area is 74.4 Å². The number of carbonyl (C=O) groups is 1. The van der Waals surface area contributed by atoms with Crippen LogP contribution < -0.4 is 11.1 Å². The van der Waals surface area contributed by atoms with E-state index in [0.717, 1.165) is 6.42 Å². The van der Waals surface area contributed by atoms with Gasteiger partial charge in [-0.3, -0.25) is 0 Å². The minimum atomic E-state index is -2.79. The molecule has 1 rings (SSSR count). The van der Waals surface area contributed by atoms with Gasteiger partial charge in [0.25, 0.3) is 0 Å². The maximum atomic E-state index is 11.8. The molecule has 1 aliphatic rings. The van der Waals surface area contributed by atoms with Crippen molar-refractivity contribution in [3.8, 4) is 0 Å². The number of ether oxygens (including phenoxy) is 1. The first-order valence-electron chi connectivity index (χ1n) is 4.09. The van der Waals surface area contributed by atoms with Gasteiger partial charge in [0.15, 0.2) is 0 Å². The van der Waals surface area contributed by atoms with Crippen LogP contribution >= 0.6 is 0 Å². The topological polar surface area (TPSA) is 64.4 Å². The third-order valence-electron chi connectivity index (χ3n) is 2.06. The number of amides is 2. The van der Waals surface area contributed by atoms with Crippen molar-refractivity contribution in [3.63, 3.8) is 0 Å². The van der Waals surface area contributed by atoms with E-state index >= 15 is 0 Å². The van der Waals surface area contributed by atoms with Crippen molar-refractivity contribution in [2.24, 2.45) is 5.73 Å². The second-order valence-corrected chi connectivity index (χ2v) is 2.98. The van der Waals surface area contributed by atoms with Crippen LogP contribution in [-0.2, 0) is 4.74 Å². The molecule has 2 atom stereocenters. The van der Waals surface area contributed by atoms with E-state index in [-0.39, 0.29) is 6.04 Å². The molecule has 0 aromatic heterocycles. The van der Waals surface area contributed by atoms with Crippen LogP contribution in [0.3, 0.4) is 0 Å². The van der Waals surface area contributed by atoms with Gasteiger partial charge >= 0.3 is 12.6 Å². The molecular weight excluding hydrogens is 182 g/mol. The van der Waals surface area contributed by atoms with Crippen LogP contribution in [0.25, 0.3) is 0 Å². The molecule has 3 N–H and O–H groups in total. The van der Waals surface area contributed by atoms with Crippen LogP contribution in [0.15, 0.2) is 0 Å². The van der Waals surface area contributed by atoms with Gasteiger partial charge in [0, 0.05) is 0 Å². The highest BCUT2D eigenvalue weighted by atomic mass is 19.3. The summed E-state index contributed by atoms with van der Waals surface area (Å²) < 4.78 is 28.0. The molecule has 0 bridgehead atoms. The summed E-state index contributed by atoms with van der Waals surface area (Å²) in [6.07, 6.45) is 1.34. The number of urea groups is 1. The highest BCUT2D eigenvalue weighted by Crippen LogP contribution is 2.23. The van der Waals surface area contributed by atoms with Gasteiger partial charge in [-0.1, -0.05) is 0 Å². The molecule has 76 valence electrons. The summed E-state index contributed by atoms with van der Waals surface area (Å²) in [4.78, 5) is 10.5. The Morgan fingerprint density at radius 1 is 1.54 bits per heavy atom. The lowest BCUT2D eigenvalue weighted by Crippen LogP contribution is -2.44. The molecule has 0 heterocycles. The van der Waals surface area contributed by atoms with E-state index in [1.54, 1.807) is 0 Å². The summed E-state index contributed by atoms with van der Waals surface area (Å²) in [7, 11) is 0. The smallest absolute Gasteiger partial charge is 0.345 e. The third kappa shape index (κ3) is 3.14. The van der Waals surface area contributed by atoms with E-state index < -0.39 is 18.7 Å². The van der Waals surface area contributed by atoms with Gasteiger partial charge < -0.3 is 15.8 Å². The molecule has 0 unspecified atom stereocenters. The lowest BCUT2D eigenvalue weighted by molar-refractivity contribution is -0.164. The highest BCUT2D eigenvalue weighted by Gasteiger charge is 2.30. The number of primary amides is 1. The molecule has 6 heteroatoms. The largest absolute Gasteiger partial charge is 0.352 e. The van der Waals surface area contributed by atoms with E-state index in [1.165, 1.54) is 0 Å². The minimum absolute atomic E-state index is 0.369. The number of halogens is 2. The summed E-state index contributed by atoms with van der Waals surface area (Å²) >= 11 is 0. The van der Waals surface area contributed by atoms with Crippen molar-refractivity contribution in [2.45, 2.75) is 38.0 Å². The summed E-state index contributed by atoms with van der Waals surface area (Å²) in [6.45, 7) is -2.79. The molecule has 0 aromatic carbocycles. The molecular formula is C7H12F2N2O2. The lowest BCUT2D eigenvalue weighted by atomic mass is 10.2. The maximum absolute atomic E-state index is 11.8. The summed E-state index contributed by atoms with van der Waals surface area (Å²) in [5.41, 5.74) is 4.87. The average molecular weight is 194 g/mol. The van der Waals surface area contributed by atoms with Gasteiger partial charge in [0.1, 0.15) is 0 Å². The van der Waals surface area contributed by atoms with Crippen LogP contribution in [0, 0.1) is 0 Å². The quantitative estimate of drug-likeness (QED) is 0.698. The molecule has 13 heavy (non-hydrogen) atoms. The first kappa shape index (κ1) is 10.2. The second-order valence-electron chi connectivity index (χ2n) is 2.98. The van der Waals surface area contributed by atoms with Crippen molar-refractivity contribution in [1.82, 2.24) is 5.32 Å². The predicted octanol–water partition coefficient (Wildman–Crippen LogP) is 0.815. The Balaban J connectivity index is 2.39. The van der Waals surface area contributed by atoms with Gasteiger partial charge in [-0.15, -0.1) is 0 Å². The zero-order valence-electron chi connectivity index (χ0n) is 7.00. The van der Waals surface area contributed by atoms with Crippen LogP contribution in [0.1, 0.15) is 19.3 Å². The molecule has 1 saturated carbocycles. The average Bonchev–Trinajstić information content (AvgIpc) is 2.34. The second kappa shape index (κ2) is 4.36. The standard InChI is InChI=1S/C7H12F2N2O2/c8-6(9)13-5-3-1-2-4(5)11-7(10)12/h4-6H,1-3H2,(H3,10,11,12)/t4-,5-/m1/s1. The Morgan fingerprint density at radius 2 is 2.23 bits per heavy atom. The van der Waals surface area contributed by atoms with Crippen molar-refractivity contribution in [2.75, 3.05) is 0 Å². The number of nitrogens with two attached hydrogens (primary N) is 1. The number of hydrogen-bond donors (Lipinski definition) is 2. The molecule has 1 fully saturated rings. The van der Waals surface area contributed by atoms with Crippen LogP contribution in [0.4, 0.5) is 13.6 Å². The van der Waals surface area contributed by atoms with E-state index in [1.807, 2.05) is 0 Å². The van der Waals surface area contributed by atoms with Crippen LogP contribution in [0.5, 0.6) is 0 Å². The fraction of sp³-hybridized carbons (Fsp3) is 0.857. The first-order chi connectivity index (χ1) is 6.09. The van der Waals surface area contributed by atoms with E-state index in [2.05, 4.69) is 10.1 Å². The Hall–Kier alpha value is -0.910. The van der Waals surface area contributed by atoms with E-state index in [4.69, 9.17) is 5.73 Å². The SMILES string of the molecule is NC(=O)N[C@@H]1CCC[C@H]1OC(F)F. The maximum Gasteiger partial charge on any atom is 0.345 e. The van der Waals surface area contributed by atoms with Gasteiger partial charge in [-0.25, -0.2) is 4.79 Å². The Kier molecular flexibility index (Phi) is 3.41. The molecule has 0 radical (unpaired) electrons. The molecule has 0 spiro atoms. The lowest BCUT2D eigenvalue weighted by Gasteiger charge is -2.19. The van der Waals surface area contributed by atoms with E-state index in [9.17, 15) is 13.6 Å². The number of alkyl halides is 2. The van der Waals surface area contributed by atoms with Gasteiger partial charge in [-0.05, 0) is 19.3 Å². The zero-order chi connectivity index (χ0) is 9.84.